The second kappa shape index (κ2) is 6.61. The number of carbonyl (C=O) groups is 1. The zero-order valence-electron chi connectivity index (χ0n) is 10.3. The van der Waals surface area contributed by atoms with Gasteiger partial charge in [0.1, 0.15) is 19.0 Å². The first-order valence-corrected chi connectivity index (χ1v) is 5.91. The van der Waals surface area contributed by atoms with Gasteiger partial charge in [-0.05, 0) is 11.6 Å². The SMILES string of the molecule is O=C(CO)NCc1ccc(OCc2ccccc2)o1. The third kappa shape index (κ3) is 4.15. The molecule has 2 N–H and O–H groups in total. The minimum atomic E-state index is -0.530. The molecule has 0 atom stereocenters. The molecule has 0 saturated heterocycles. The second-order valence-corrected chi connectivity index (χ2v) is 3.93. The lowest BCUT2D eigenvalue weighted by molar-refractivity contribution is -0.124. The Kier molecular flexibility index (Phi) is 4.58. The Labute approximate surface area is 110 Å². The molecule has 0 radical (unpaired) electrons. The van der Waals surface area contributed by atoms with Crippen LogP contribution in [0.25, 0.3) is 0 Å². The molecule has 1 heterocycles. The number of benzene rings is 1. The minimum absolute atomic E-state index is 0.230. The third-order valence-corrected chi connectivity index (χ3v) is 2.46. The maximum Gasteiger partial charge on any atom is 0.284 e. The van der Waals surface area contributed by atoms with Gasteiger partial charge < -0.3 is 19.6 Å². The summed E-state index contributed by atoms with van der Waals surface area (Å²) in [5.74, 6) is 0.533. The first kappa shape index (κ1) is 13.2. The van der Waals surface area contributed by atoms with E-state index in [1.165, 1.54) is 0 Å². The van der Waals surface area contributed by atoms with Crippen molar-refractivity contribution in [2.75, 3.05) is 6.61 Å². The van der Waals surface area contributed by atoms with Crippen LogP contribution in [0.15, 0.2) is 46.9 Å². The molecule has 1 aromatic carbocycles. The van der Waals surface area contributed by atoms with Gasteiger partial charge in [-0.2, -0.15) is 0 Å². The first-order valence-electron chi connectivity index (χ1n) is 5.91. The summed E-state index contributed by atoms with van der Waals surface area (Å²) in [5.41, 5.74) is 1.05. The van der Waals surface area contributed by atoms with Crippen LogP contribution in [-0.2, 0) is 17.9 Å². The van der Waals surface area contributed by atoms with Crippen LogP contribution in [0.5, 0.6) is 5.95 Å². The molecule has 0 bridgehead atoms. The maximum absolute atomic E-state index is 10.9. The Morgan fingerprint density at radius 2 is 2.00 bits per heavy atom. The van der Waals surface area contributed by atoms with Gasteiger partial charge in [0.05, 0.1) is 6.54 Å². The molecule has 5 nitrogen and oxygen atoms in total. The predicted octanol–water partition coefficient (Wildman–Crippen LogP) is 1.47. The van der Waals surface area contributed by atoms with E-state index in [1.807, 2.05) is 30.3 Å². The highest BCUT2D eigenvalue weighted by Gasteiger charge is 2.05. The van der Waals surface area contributed by atoms with Gasteiger partial charge in [-0.25, -0.2) is 0 Å². The Hall–Kier alpha value is -2.27. The van der Waals surface area contributed by atoms with E-state index in [1.54, 1.807) is 12.1 Å². The molecule has 0 aliphatic rings. The molecule has 1 amide bonds. The average Bonchev–Trinajstić information content (AvgIpc) is 2.91. The van der Waals surface area contributed by atoms with Crippen molar-refractivity contribution in [1.82, 2.24) is 5.32 Å². The van der Waals surface area contributed by atoms with Crippen LogP contribution in [0, 0.1) is 0 Å². The van der Waals surface area contributed by atoms with E-state index in [2.05, 4.69) is 5.32 Å². The van der Waals surface area contributed by atoms with E-state index in [0.717, 1.165) is 5.56 Å². The monoisotopic (exact) mass is 261 g/mol. The van der Waals surface area contributed by atoms with Crippen LogP contribution in [0.2, 0.25) is 0 Å². The summed E-state index contributed by atoms with van der Waals surface area (Å²) in [4.78, 5) is 10.9. The molecule has 0 saturated carbocycles. The fourth-order valence-corrected chi connectivity index (χ4v) is 1.50. The number of carbonyl (C=O) groups excluding carboxylic acids is 1. The normalized spacial score (nSPS) is 10.2. The number of rotatable bonds is 6. The van der Waals surface area contributed by atoms with Crippen molar-refractivity contribution in [3.63, 3.8) is 0 Å². The van der Waals surface area contributed by atoms with Gasteiger partial charge in [-0.3, -0.25) is 4.79 Å². The number of aliphatic hydroxyl groups is 1. The highest BCUT2D eigenvalue weighted by Crippen LogP contribution is 2.17. The van der Waals surface area contributed by atoms with E-state index in [9.17, 15) is 4.79 Å². The molecule has 0 spiro atoms. The van der Waals surface area contributed by atoms with Crippen molar-refractivity contribution in [2.24, 2.45) is 0 Å². The fraction of sp³-hybridized carbons (Fsp3) is 0.214. The number of ether oxygens (including phenoxy) is 1. The van der Waals surface area contributed by atoms with E-state index in [0.29, 0.717) is 18.3 Å². The molecule has 19 heavy (non-hydrogen) atoms. The predicted molar refractivity (Wildman–Crippen MR) is 68.4 cm³/mol. The number of furan rings is 1. The molecule has 2 aromatic rings. The van der Waals surface area contributed by atoms with Crippen molar-refractivity contribution in [2.45, 2.75) is 13.2 Å². The van der Waals surface area contributed by atoms with Gasteiger partial charge in [0.15, 0.2) is 0 Å². The van der Waals surface area contributed by atoms with Gasteiger partial charge in [0.2, 0.25) is 5.91 Å². The molecule has 0 aliphatic carbocycles. The minimum Gasteiger partial charge on any atom is -0.460 e. The van der Waals surface area contributed by atoms with Gasteiger partial charge >= 0.3 is 0 Å². The smallest absolute Gasteiger partial charge is 0.284 e. The zero-order valence-corrected chi connectivity index (χ0v) is 10.3. The van der Waals surface area contributed by atoms with Crippen molar-refractivity contribution >= 4 is 5.91 Å². The highest BCUT2D eigenvalue weighted by molar-refractivity contribution is 5.76. The quantitative estimate of drug-likeness (QED) is 0.826. The maximum atomic E-state index is 10.9. The lowest BCUT2D eigenvalue weighted by Gasteiger charge is -2.03. The number of hydrogen-bond donors (Lipinski definition) is 2. The summed E-state index contributed by atoms with van der Waals surface area (Å²) in [6, 6.07) is 13.2. The zero-order chi connectivity index (χ0) is 13.5. The summed E-state index contributed by atoms with van der Waals surface area (Å²) in [7, 11) is 0. The van der Waals surface area contributed by atoms with Gasteiger partial charge in [-0.1, -0.05) is 30.3 Å². The van der Waals surface area contributed by atoms with Crippen LogP contribution < -0.4 is 10.1 Å². The van der Waals surface area contributed by atoms with E-state index in [-0.39, 0.29) is 6.54 Å². The molecular weight excluding hydrogens is 246 g/mol. The molecule has 2 rings (SSSR count). The van der Waals surface area contributed by atoms with Crippen LogP contribution in [0.4, 0.5) is 0 Å². The number of nitrogens with one attached hydrogen (secondary N) is 1. The van der Waals surface area contributed by atoms with Crippen LogP contribution >= 0.6 is 0 Å². The van der Waals surface area contributed by atoms with Gasteiger partial charge in [0.25, 0.3) is 5.95 Å². The highest BCUT2D eigenvalue weighted by atomic mass is 16.6. The average molecular weight is 261 g/mol. The van der Waals surface area contributed by atoms with Crippen LogP contribution in [-0.4, -0.2) is 17.6 Å². The summed E-state index contributed by atoms with van der Waals surface area (Å²) in [6.45, 7) is 0.128. The fourth-order valence-electron chi connectivity index (χ4n) is 1.50. The summed E-state index contributed by atoms with van der Waals surface area (Å²) < 4.78 is 10.9. The molecule has 1 aromatic heterocycles. The van der Waals surface area contributed by atoms with Crippen molar-refractivity contribution in [3.8, 4) is 5.95 Å². The van der Waals surface area contributed by atoms with E-state index in [4.69, 9.17) is 14.3 Å². The van der Waals surface area contributed by atoms with Crippen molar-refractivity contribution in [3.05, 3.63) is 53.8 Å². The van der Waals surface area contributed by atoms with Gasteiger partial charge in [0, 0.05) is 6.07 Å². The third-order valence-electron chi connectivity index (χ3n) is 2.46. The molecule has 5 heteroatoms. The number of amides is 1. The first-order chi connectivity index (χ1) is 9.28. The molecule has 100 valence electrons. The molecule has 0 aliphatic heterocycles. The number of hydrogen-bond acceptors (Lipinski definition) is 4. The molecule has 0 unspecified atom stereocenters. The largest absolute Gasteiger partial charge is 0.460 e. The standard InChI is InChI=1S/C14H15NO4/c16-9-13(17)15-8-12-6-7-14(19-12)18-10-11-4-2-1-3-5-11/h1-7,16H,8-10H2,(H,15,17). The lowest BCUT2D eigenvalue weighted by atomic mass is 10.2. The van der Waals surface area contributed by atoms with Crippen molar-refractivity contribution in [1.29, 1.82) is 0 Å². The van der Waals surface area contributed by atoms with Crippen molar-refractivity contribution < 1.29 is 19.1 Å². The Balaban J connectivity index is 1.82. The Morgan fingerprint density at radius 1 is 1.21 bits per heavy atom. The summed E-state index contributed by atoms with van der Waals surface area (Å²) in [5, 5.41) is 11.1. The van der Waals surface area contributed by atoms with E-state index < -0.39 is 12.5 Å². The molecular formula is C14H15NO4. The van der Waals surface area contributed by atoms with Crippen LogP contribution in [0.1, 0.15) is 11.3 Å². The Bertz CT molecular complexity index is 521. The summed E-state index contributed by atoms with van der Waals surface area (Å²) in [6.07, 6.45) is 0. The topological polar surface area (TPSA) is 71.7 Å². The summed E-state index contributed by atoms with van der Waals surface area (Å²) >= 11 is 0. The van der Waals surface area contributed by atoms with E-state index >= 15 is 0 Å². The number of aliphatic hydroxyl groups excluding tert-OH is 1. The second-order valence-electron chi connectivity index (χ2n) is 3.93. The molecule has 0 fully saturated rings. The Morgan fingerprint density at radius 3 is 2.74 bits per heavy atom. The van der Waals surface area contributed by atoms with Crippen LogP contribution in [0.3, 0.4) is 0 Å². The van der Waals surface area contributed by atoms with Gasteiger partial charge in [-0.15, -0.1) is 0 Å². The lowest BCUT2D eigenvalue weighted by Crippen LogP contribution is -2.25.